The molecule has 0 radical (unpaired) electrons. The number of carboxylic acids is 1. The molecule has 0 saturated heterocycles. The predicted octanol–water partition coefficient (Wildman–Crippen LogP) is 2.67. The molecule has 0 aliphatic heterocycles. The van der Waals surface area contributed by atoms with E-state index in [0.717, 1.165) is 3.97 Å². The van der Waals surface area contributed by atoms with Gasteiger partial charge in [0.1, 0.15) is 5.75 Å². The van der Waals surface area contributed by atoms with Crippen molar-refractivity contribution in [3.63, 3.8) is 0 Å². The number of urea groups is 1. The molecule has 10 nitrogen and oxygen atoms in total. The maximum atomic E-state index is 13.4. The minimum Gasteiger partial charge on any atom is -0.497 e. The van der Waals surface area contributed by atoms with Crippen LogP contribution in [-0.4, -0.2) is 56.9 Å². The highest BCUT2D eigenvalue weighted by Crippen LogP contribution is 2.30. The first-order valence-electron chi connectivity index (χ1n) is 10.1. The van der Waals surface area contributed by atoms with Gasteiger partial charge in [0.05, 0.1) is 24.1 Å². The monoisotopic (exact) mass is 475 g/mol. The Bertz CT molecular complexity index is 1250. The number of carbonyl (C=O) groups excluding carboxylic acids is 1. The number of aliphatic carboxylic acids is 1. The fourth-order valence-corrected chi connectivity index (χ4v) is 4.67. The minimum absolute atomic E-state index is 0.0188. The number of aromatic nitrogens is 1. The normalized spacial score (nSPS) is 11.3. The van der Waals surface area contributed by atoms with Crippen LogP contribution in [0.2, 0.25) is 0 Å². The molecule has 0 aliphatic rings. The Morgan fingerprint density at radius 3 is 2.45 bits per heavy atom. The molecular formula is C22H25N3O7S. The van der Waals surface area contributed by atoms with Crippen LogP contribution in [0.1, 0.15) is 12.0 Å². The van der Waals surface area contributed by atoms with Gasteiger partial charge < -0.3 is 25.2 Å². The molecular weight excluding hydrogens is 450 g/mol. The average molecular weight is 476 g/mol. The number of rotatable bonds is 10. The fraction of sp³-hybridized carbons (Fsp3) is 0.273. The van der Waals surface area contributed by atoms with Crippen LogP contribution in [0.3, 0.4) is 0 Å². The number of hydrogen-bond acceptors (Lipinski definition) is 6. The zero-order valence-electron chi connectivity index (χ0n) is 18.2. The number of aryl methyl sites for hydroxylation is 1. The molecule has 0 spiro atoms. The van der Waals surface area contributed by atoms with E-state index in [1.54, 1.807) is 18.2 Å². The quantitative estimate of drug-likeness (QED) is 0.384. The van der Waals surface area contributed by atoms with Gasteiger partial charge in [-0.05, 0) is 54.4 Å². The van der Waals surface area contributed by atoms with Gasteiger partial charge in [0.15, 0.2) is 0 Å². The Morgan fingerprint density at radius 2 is 1.82 bits per heavy atom. The Labute approximate surface area is 191 Å². The van der Waals surface area contributed by atoms with Gasteiger partial charge in [-0.3, -0.25) is 4.79 Å². The Hall–Kier alpha value is -3.57. The lowest BCUT2D eigenvalue weighted by Gasteiger charge is -2.10. The van der Waals surface area contributed by atoms with Crippen molar-refractivity contribution >= 4 is 38.6 Å². The van der Waals surface area contributed by atoms with Gasteiger partial charge in [0.2, 0.25) is 0 Å². The van der Waals surface area contributed by atoms with Crippen molar-refractivity contribution in [1.82, 2.24) is 9.29 Å². The highest BCUT2D eigenvalue weighted by molar-refractivity contribution is 7.90. The van der Waals surface area contributed by atoms with Crippen LogP contribution in [0.15, 0.2) is 53.6 Å². The van der Waals surface area contributed by atoms with E-state index < -0.39 is 22.0 Å². The zero-order chi connectivity index (χ0) is 24.0. The Morgan fingerprint density at radius 1 is 1.09 bits per heavy atom. The van der Waals surface area contributed by atoms with Crippen molar-refractivity contribution in [2.45, 2.75) is 17.7 Å². The van der Waals surface area contributed by atoms with Crippen molar-refractivity contribution in [2.24, 2.45) is 0 Å². The highest BCUT2D eigenvalue weighted by Gasteiger charge is 2.22. The number of anilines is 1. The van der Waals surface area contributed by atoms with Gasteiger partial charge in [-0.2, -0.15) is 0 Å². The first-order chi connectivity index (χ1) is 15.8. The number of amides is 2. The van der Waals surface area contributed by atoms with E-state index in [0.29, 0.717) is 41.1 Å². The van der Waals surface area contributed by atoms with Crippen LogP contribution in [-0.2, 0) is 26.0 Å². The van der Waals surface area contributed by atoms with Gasteiger partial charge >= 0.3 is 12.0 Å². The van der Waals surface area contributed by atoms with E-state index in [-0.39, 0.29) is 17.7 Å². The highest BCUT2D eigenvalue weighted by atomic mass is 32.2. The predicted molar refractivity (Wildman–Crippen MR) is 122 cm³/mol. The van der Waals surface area contributed by atoms with Crippen molar-refractivity contribution < 1.29 is 32.6 Å². The van der Waals surface area contributed by atoms with Crippen molar-refractivity contribution in [1.29, 1.82) is 0 Å². The summed E-state index contributed by atoms with van der Waals surface area (Å²) in [5, 5.41) is 14.9. The summed E-state index contributed by atoms with van der Waals surface area (Å²) >= 11 is 0. The average Bonchev–Trinajstić information content (AvgIpc) is 3.17. The number of hydrogen-bond donors (Lipinski definition) is 3. The molecule has 1 heterocycles. The molecule has 0 fully saturated rings. The Kier molecular flexibility index (Phi) is 7.56. The topological polar surface area (TPSA) is 136 Å². The number of ether oxygens (including phenoxy) is 2. The van der Waals surface area contributed by atoms with Crippen molar-refractivity contribution in [3.8, 4) is 5.75 Å². The summed E-state index contributed by atoms with van der Waals surface area (Å²) in [5.41, 5.74) is 1.42. The van der Waals surface area contributed by atoms with Gasteiger partial charge in [0.25, 0.3) is 10.0 Å². The van der Waals surface area contributed by atoms with E-state index in [1.165, 1.54) is 44.7 Å². The number of nitrogens with one attached hydrogen (secondary N) is 2. The molecule has 0 bridgehead atoms. The first kappa shape index (κ1) is 24.1. The summed E-state index contributed by atoms with van der Waals surface area (Å²) in [6.45, 7) is 0.709. The smallest absolute Gasteiger partial charge is 0.319 e. The number of fused-ring (bicyclic) bond motifs is 1. The van der Waals surface area contributed by atoms with Crippen LogP contribution in [0.5, 0.6) is 5.75 Å². The van der Waals surface area contributed by atoms with Crippen LogP contribution in [0.4, 0.5) is 10.5 Å². The lowest BCUT2D eigenvalue weighted by Crippen LogP contribution is -2.31. The Balaban J connectivity index is 1.91. The molecule has 2 aromatic carbocycles. The summed E-state index contributed by atoms with van der Waals surface area (Å²) in [6, 6.07) is 10.3. The molecule has 3 rings (SSSR count). The molecule has 3 N–H and O–H groups in total. The van der Waals surface area contributed by atoms with E-state index in [9.17, 15) is 18.0 Å². The third-order valence-electron chi connectivity index (χ3n) is 4.93. The number of methoxy groups -OCH3 is 2. The second-order valence-electron chi connectivity index (χ2n) is 7.13. The maximum Gasteiger partial charge on any atom is 0.319 e. The third kappa shape index (κ3) is 5.62. The molecule has 0 atom stereocenters. The van der Waals surface area contributed by atoms with Gasteiger partial charge in [0, 0.05) is 37.3 Å². The SMILES string of the molecule is COCCNC(=O)Nc1ccc(S(=O)(=O)n2cc(CCC(=O)O)c3cc(OC)ccc32)cc1. The van der Waals surface area contributed by atoms with E-state index in [1.807, 2.05) is 0 Å². The largest absolute Gasteiger partial charge is 0.497 e. The summed E-state index contributed by atoms with van der Waals surface area (Å²) in [4.78, 5) is 22.9. The molecule has 2 amide bonds. The zero-order valence-corrected chi connectivity index (χ0v) is 19.0. The van der Waals surface area contributed by atoms with Crippen molar-refractivity contribution in [3.05, 3.63) is 54.2 Å². The van der Waals surface area contributed by atoms with Crippen molar-refractivity contribution in [2.75, 3.05) is 32.7 Å². The lowest BCUT2D eigenvalue weighted by molar-refractivity contribution is -0.136. The van der Waals surface area contributed by atoms with Gasteiger partial charge in [-0.1, -0.05) is 0 Å². The molecule has 33 heavy (non-hydrogen) atoms. The van der Waals surface area contributed by atoms with Gasteiger partial charge in [-0.25, -0.2) is 17.2 Å². The molecule has 176 valence electrons. The molecule has 11 heteroatoms. The van der Waals surface area contributed by atoms with Crippen LogP contribution in [0.25, 0.3) is 10.9 Å². The van der Waals surface area contributed by atoms with Crippen LogP contribution >= 0.6 is 0 Å². The third-order valence-corrected chi connectivity index (χ3v) is 6.62. The summed E-state index contributed by atoms with van der Waals surface area (Å²) in [7, 11) is -0.957. The molecule has 1 aromatic heterocycles. The summed E-state index contributed by atoms with van der Waals surface area (Å²) in [6.07, 6.45) is 1.48. The number of nitrogens with zero attached hydrogens (tertiary/aromatic N) is 1. The first-order valence-corrected chi connectivity index (χ1v) is 11.5. The van der Waals surface area contributed by atoms with Crippen LogP contribution < -0.4 is 15.4 Å². The van der Waals surface area contributed by atoms with Crippen LogP contribution in [0, 0.1) is 0 Å². The molecule has 3 aromatic rings. The maximum absolute atomic E-state index is 13.4. The molecule has 0 aliphatic carbocycles. The second kappa shape index (κ2) is 10.4. The van der Waals surface area contributed by atoms with E-state index in [2.05, 4.69) is 10.6 Å². The minimum atomic E-state index is -3.98. The van der Waals surface area contributed by atoms with E-state index in [4.69, 9.17) is 14.6 Å². The summed E-state index contributed by atoms with van der Waals surface area (Å²) in [5.74, 6) is -0.440. The second-order valence-corrected chi connectivity index (χ2v) is 8.95. The number of carboxylic acid groups (broad SMARTS) is 1. The number of carbonyl (C=O) groups is 2. The summed E-state index contributed by atoms with van der Waals surface area (Å²) < 4.78 is 38.0. The lowest BCUT2D eigenvalue weighted by atomic mass is 10.1. The van der Waals surface area contributed by atoms with Gasteiger partial charge in [-0.15, -0.1) is 0 Å². The number of benzene rings is 2. The fourth-order valence-electron chi connectivity index (χ4n) is 3.28. The standard InChI is InChI=1S/C22H25N3O7S/c1-31-12-11-23-22(28)24-16-4-7-18(8-5-16)33(29,30)25-14-15(3-10-21(26)27)19-13-17(32-2)6-9-20(19)25/h4-9,13-14H,3,10-12H2,1-2H3,(H,26,27)(H2,23,24,28). The molecule has 0 saturated carbocycles. The molecule has 0 unspecified atom stereocenters. The van der Waals surface area contributed by atoms with E-state index >= 15 is 0 Å².